The Balaban J connectivity index is 1.68. The van der Waals surface area contributed by atoms with Gasteiger partial charge >= 0.3 is 0 Å². The average molecular weight is 256 g/mol. The van der Waals surface area contributed by atoms with Crippen LogP contribution in [0.3, 0.4) is 0 Å². The van der Waals surface area contributed by atoms with Crippen molar-refractivity contribution in [1.82, 2.24) is 19.9 Å². The molecule has 0 aliphatic heterocycles. The van der Waals surface area contributed by atoms with Gasteiger partial charge in [-0.2, -0.15) is 0 Å². The van der Waals surface area contributed by atoms with Crippen LogP contribution in [0.1, 0.15) is 35.6 Å². The fourth-order valence-corrected chi connectivity index (χ4v) is 2.15. The van der Waals surface area contributed by atoms with Crippen molar-refractivity contribution in [2.75, 3.05) is 0 Å². The summed E-state index contributed by atoms with van der Waals surface area (Å²) in [5, 5.41) is 0. The van der Waals surface area contributed by atoms with Crippen molar-refractivity contribution in [3.05, 3.63) is 41.4 Å². The fraction of sp³-hybridized carbons (Fsp3) is 0.429. The standard InChI is InChI=1S/C14H16N4O/c1-10-15-6-11(7-16-10)9-19-14-8-17-12-4-2-3-5-13(12)18-14/h6-8H,2-5,9H2,1H3. The van der Waals surface area contributed by atoms with Crippen LogP contribution in [0, 0.1) is 6.92 Å². The number of hydrogen-bond acceptors (Lipinski definition) is 5. The molecular weight excluding hydrogens is 240 g/mol. The van der Waals surface area contributed by atoms with E-state index in [0.29, 0.717) is 12.5 Å². The molecular formula is C14H16N4O. The minimum atomic E-state index is 0.424. The van der Waals surface area contributed by atoms with Gasteiger partial charge in [0, 0.05) is 18.0 Å². The predicted molar refractivity (Wildman–Crippen MR) is 69.8 cm³/mol. The Bertz CT molecular complexity index is 568. The summed E-state index contributed by atoms with van der Waals surface area (Å²) in [5.74, 6) is 1.35. The molecule has 0 saturated carbocycles. The molecule has 1 aliphatic rings. The third-order valence-electron chi connectivity index (χ3n) is 3.21. The zero-order chi connectivity index (χ0) is 13.1. The van der Waals surface area contributed by atoms with Crippen molar-refractivity contribution in [3.8, 4) is 5.88 Å². The van der Waals surface area contributed by atoms with Crippen LogP contribution in [0.15, 0.2) is 18.6 Å². The maximum atomic E-state index is 5.64. The van der Waals surface area contributed by atoms with E-state index in [1.54, 1.807) is 18.6 Å². The Morgan fingerprint density at radius 2 is 1.74 bits per heavy atom. The average Bonchev–Trinajstić information content (AvgIpc) is 2.46. The van der Waals surface area contributed by atoms with Gasteiger partial charge in [0.15, 0.2) is 0 Å². The molecule has 1 aliphatic carbocycles. The zero-order valence-electron chi connectivity index (χ0n) is 11.0. The highest BCUT2D eigenvalue weighted by Crippen LogP contribution is 2.19. The maximum absolute atomic E-state index is 5.64. The summed E-state index contributed by atoms with van der Waals surface area (Å²) in [6.45, 7) is 2.29. The lowest BCUT2D eigenvalue weighted by atomic mass is 10.0. The summed E-state index contributed by atoms with van der Waals surface area (Å²) in [6.07, 6.45) is 9.70. The second kappa shape index (κ2) is 5.30. The predicted octanol–water partition coefficient (Wildman–Crippen LogP) is 2.03. The quantitative estimate of drug-likeness (QED) is 0.841. The van der Waals surface area contributed by atoms with Crippen LogP contribution in [0.5, 0.6) is 5.88 Å². The molecule has 0 saturated heterocycles. The van der Waals surface area contributed by atoms with Crippen LogP contribution < -0.4 is 4.74 Å². The summed E-state index contributed by atoms with van der Waals surface area (Å²) >= 11 is 0. The number of aromatic nitrogens is 4. The normalized spacial score (nSPS) is 13.9. The number of aryl methyl sites for hydroxylation is 3. The molecule has 5 heteroatoms. The van der Waals surface area contributed by atoms with E-state index in [-0.39, 0.29) is 0 Å². The number of hydrogen-bond donors (Lipinski definition) is 0. The second-order valence-corrected chi connectivity index (χ2v) is 4.74. The highest BCUT2D eigenvalue weighted by atomic mass is 16.5. The Labute approximate surface area is 112 Å². The summed E-state index contributed by atoms with van der Waals surface area (Å²) in [7, 11) is 0. The molecule has 19 heavy (non-hydrogen) atoms. The molecule has 3 rings (SSSR count). The molecule has 2 aromatic heterocycles. The second-order valence-electron chi connectivity index (χ2n) is 4.74. The smallest absolute Gasteiger partial charge is 0.232 e. The number of rotatable bonds is 3. The molecule has 0 radical (unpaired) electrons. The molecule has 0 fully saturated rings. The van der Waals surface area contributed by atoms with E-state index < -0.39 is 0 Å². The number of ether oxygens (including phenoxy) is 1. The van der Waals surface area contributed by atoms with E-state index in [0.717, 1.165) is 35.6 Å². The van der Waals surface area contributed by atoms with E-state index in [9.17, 15) is 0 Å². The van der Waals surface area contributed by atoms with Crippen molar-refractivity contribution < 1.29 is 4.74 Å². The summed E-state index contributed by atoms with van der Waals surface area (Å²) in [5.41, 5.74) is 3.14. The monoisotopic (exact) mass is 256 g/mol. The van der Waals surface area contributed by atoms with E-state index in [4.69, 9.17) is 4.74 Å². The molecule has 0 unspecified atom stereocenters. The van der Waals surface area contributed by atoms with Gasteiger partial charge in [-0.3, -0.25) is 4.98 Å². The minimum absolute atomic E-state index is 0.424. The zero-order valence-corrected chi connectivity index (χ0v) is 11.0. The largest absolute Gasteiger partial charge is 0.472 e. The fourth-order valence-electron chi connectivity index (χ4n) is 2.15. The molecule has 0 spiro atoms. The van der Waals surface area contributed by atoms with Crippen molar-refractivity contribution in [3.63, 3.8) is 0 Å². The SMILES string of the molecule is Cc1ncc(COc2cnc3c(n2)CCCC3)cn1. The van der Waals surface area contributed by atoms with Crippen LogP contribution in [0.25, 0.3) is 0 Å². The van der Waals surface area contributed by atoms with Gasteiger partial charge in [-0.15, -0.1) is 0 Å². The van der Waals surface area contributed by atoms with Crippen molar-refractivity contribution in [2.45, 2.75) is 39.2 Å². The first kappa shape index (κ1) is 12.0. The molecule has 0 N–H and O–H groups in total. The van der Waals surface area contributed by atoms with Gasteiger partial charge < -0.3 is 4.74 Å². The van der Waals surface area contributed by atoms with Gasteiger partial charge in [0.2, 0.25) is 5.88 Å². The van der Waals surface area contributed by atoms with Gasteiger partial charge in [-0.25, -0.2) is 15.0 Å². The Kier molecular flexibility index (Phi) is 3.35. The topological polar surface area (TPSA) is 60.8 Å². The Morgan fingerprint density at radius 3 is 2.53 bits per heavy atom. The van der Waals surface area contributed by atoms with Crippen LogP contribution in [-0.4, -0.2) is 19.9 Å². The number of nitrogens with zero attached hydrogens (tertiary/aromatic N) is 4. The first-order valence-corrected chi connectivity index (χ1v) is 6.56. The van der Waals surface area contributed by atoms with Gasteiger partial charge in [-0.1, -0.05) is 0 Å². The van der Waals surface area contributed by atoms with E-state index in [2.05, 4.69) is 19.9 Å². The lowest BCUT2D eigenvalue weighted by molar-refractivity contribution is 0.289. The first-order chi connectivity index (χ1) is 9.31. The molecule has 0 atom stereocenters. The molecule has 5 nitrogen and oxygen atoms in total. The third-order valence-corrected chi connectivity index (χ3v) is 3.21. The molecule has 2 heterocycles. The molecule has 0 bridgehead atoms. The lowest BCUT2D eigenvalue weighted by Crippen LogP contribution is -2.09. The summed E-state index contributed by atoms with van der Waals surface area (Å²) in [4.78, 5) is 17.2. The Hall–Kier alpha value is -2.04. The van der Waals surface area contributed by atoms with Gasteiger partial charge in [0.1, 0.15) is 12.4 Å². The molecule has 0 amide bonds. The van der Waals surface area contributed by atoms with E-state index in [1.165, 1.54) is 12.8 Å². The van der Waals surface area contributed by atoms with Gasteiger partial charge in [-0.05, 0) is 32.6 Å². The summed E-state index contributed by atoms with van der Waals surface area (Å²) < 4.78 is 5.64. The molecule has 98 valence electrons. The highest BCUT2D eigenvalue weighted by molar-refractivity contribution is 5.19. The van der Waals surface area contributed by atoms with Crippen LogP contribution in [0.2, 0.25) is 0 Å². The van der Waals surface area contributed by atoms with Gasteiger partial charge in [0.05, 0.1) is 17.6 Å². The third kappa shape index (κ3) is 2.86. The van der Waals surface area contributed by atoms with E-state index >= 15 is 0 Å². The van der Waals surface area contributed by atoms with Gasteiger partial charge in [0.25, 0.3) is 0 Å². The first-order valence-electron chi connectivity index (χ1n) is 6.56. The van der Waals surface area contributed by atoms with Crippen molar-refractivity contribution in [2.24, 2.45) is 0 Å². The van der Waals surface area contributed by atoms with Crippen LogP contribution >= 0.6 is 0 Å². The number of fused-ring (bicyclic) bond motifs is 1. The lowest BCUT2D eigenvalue weighted by Gasteiger charge is -2.14. The Morgan fingerprint density at radius 1 is 1.00 bits per heavy atom. The van der Waals surface area contributed by atoms with Crippen LogP contribution in [0.4, 0.5) is 0 Å². The maximum Gasteiger partial charge on any atom is 0.232 e. The van der Waals surface area contributed by atoms with E-state index in [1.807, 2.05) is 6.92 Å². The highest BCUT2D eigenvalue weighted by Gasteiger charge is 2.12. The van der Waals surface area contributed by atoms with Crippen LogP contribution in [-0.2, 0) is 19.4 Å². The molecule has 0 aromatic carbocycles. The van der Waals surface area contributed by atoms with Crippen molar-refractivity contribution in [1.29, 1.82) is 0 Å². The molecule has 2 aromatic rings. The minimum Gasteiger partial charge on any atom is -0.472 e. The summed E-state index contributed by atoms with van der Waals surface area (Å²) in [6, 6.07) is 0. The van der Waals surface area contributed by atoms with Crippen molar-refractivity contribution >= 4 is 0 Å².